The quantitative estimate of drug-likeness (QED) is 0.849. The smallest absolute Gasteiger partial charge is 0.339 e. The number of likely N-dealkylation sites (N-methyl/N-ethyl adjacent to an activating group) is 1. The van der Waals surface area contributed by atoms with Crippen molar-refractivity contribution in [1.82, 2.24) is 4.98 Å². The van der Waals surface area contributed by atoms with Gasteiger partial charge in [-0.15, -0.1) is 0 Å². The number of carbonyl (C=O) groups is 1. The van der Waals surface area contributed by atoms with Gasteiger partial charge in [-0.25, -0.2) is 9.78 Å². The van der Waals surface area contributed by atoms with Crippen LogP contribution in [0.15, 0.2) is 12.1 Å². The Kier molecular flexibility index (Phi) is 4.04. The zero-order valence-corrected chi connectivity index (χ0v) is 10.9. The highest BCUT2D eigenvalue weighted by Gasteiger charge is 2.21. The molecule has 2 rings (SSSR count). The number of hydrogen-bond acceptors (Lipinski definition) is 4. The molecule has 0 spiro atoms. The summed E-state index contributed by atoms with van der Waals surface area (Å²) in [5.41, 5.74) is 0.153. The van der Waals surface area contributed by atoms with Crippen LogP contribution in [0, 0.1) is 0 Å². The van der Waals surface area contributed by atoms with Crippen LogP contribution in [0.2, 0.25) is 5.15 Å². The zero-order valence-electron chi connectivity index (χ0n) is 10.1. The maximum Gasteiger partial charge on any atom is 0.339 e. The Balaban J connectivity index is 2.19. The second-order valence-corrected chi connectivity index (χ2v) is 4.71. The summed E-state index contributed by atoms with van der Waals surface area (Å²) >= 11 is 5.82. The van der Waals surface area contributed by atoms with E-state index in [1.165, 1.54) is 12.1 Å². The summed E-state index contributed by atoms with van der Waals surface area (Å²) in [6.07, 6.45) is 2.18. The predicted molar refractivity (Wildman–Crippen MR) is 68.5 cm³/mol. The van der Waals surface area contributed by atoms with Gasteiger partial charge in [-0.3, -0.25) is 0 Å². The minimum Gasteiger partial charge on any atom is -0.478 e. The van der Waals surface area contributed by atoms with Crippen molar-refractivity contribution in [2.45, 2.75) is 18.9 Å². The van der Waals surface area contributed by atoms with Crippen LogP contribution in [-0.2, 0) is 4.74 Å². The van der Waals surface area contributed by atoms with E-state index < -0.39 is 5.97 Å². The van der Waals surface area contributed by atoms with E-state index in [2.05, 4.69) is 4.98 Å². The largest absolute Gasteiger partial charge is 0.478 e. The van der Waals surface area contributed by atoms with Crippen molar-refractivity contribution in [2.75, 3.05) is 25.1 Å². The molecule has 6 heteroatoms. The molecule has 1 fully saturated rings. The van der Waals surface area contributed by atoms with E-state index in [4.69, 9.17) is 21.4 Å². The van der Waals surface area contributed by atoms with Gasteiger partial charge in [-0.1, -0.05) is 11.6 Å². The molecule has 0 bridgehead atoms. The van der Waals surface area contributed by atoms with Crippen LogP contribution >= 0.6 is 11.6 Å². The molecule has 0 amide bonds. The summed E-state index contributed by atoms with van der Waals surface area (Å²) in [5, 5.41) is 9.41. The third kappa shape index (κ3) is 2.91. The maximum absolute atomic E-state index is 11.1. The van der Waals surface area contributed by atoms with Gasteiger partial charge in [0.2, 0.25) is 0 Å². The topological polar surface area (TPSA) is 62.7 Å². The Morgan fingerprint density at radius 2 is 2.44 bits per heavy atom. The Morgan fingerprint density at radius 3 is 3.06 bits per heavy atom. The van der Waals surface area contributed by atoms with E-state index in [-0.39, 0.29) is 16.8 Å². The minimum absolute atomic E-state index is 0.137. The Hall–Kier alpha value is -1.33. The number of rotatable bonds is 4. The molecule has 1 atom stereocenters. The number of hydrogen-bond donors (Lipinski definition) is 1. The molecular weight excluding hydrogens is 256 g/mol. The Bertz CT molecular complexity index is 447. The number of aromatic carboxylic acids is 1. The van der Waals surface area contributed by atoms with Crippen molar-refractivity contribution < 1.29 is 14.6 Å². The summed E-state index contributed by atoms with van der Waals surface area (Å²) < 4.78 is 5.53. The SMILES string of the molecule is CN(CC1CCCO1)c1nc(Cl)ccc1C(=O)O. The molecule has 98 valence electrons. The molecule has 5 nitrogen and oxygen atoms in total. The van der Waals surface area contributed by atoms with Gasteiger partial charge in [0, 0.05) is 20.2 Å². The molecule has 18 heavy (non-hydrogen) atoms. The first-order valence-corrected chi connectivity index (χ1v) is 6.18. The lowest BCUT2D eigenvalue weighted by Crippen LogP contribution is -2.30. The second kappa shape index (κ2) is 5.54. The van der Waals surface area contributed by atoms with E-state index in [9.17, 15) is 4.79 Å². The lowest BCUT2D eigenvalue weighted by molar-refractivity contribution is 0.0696. The van der Waals surface area contributed by atoms with Crippen LogP contribution in [-0.4, -0.2) is 42.4 Å². The number of anilines is 1. The van der Waals surface area contributed by atoms with Gasteiger partial charge in [0.05, 0.1) is 6.10 Å². The molecule has 1 aliphatic rings. The summed E-state index contributed by atoms with van der Waals surface area (Å²) in [5.74, 6) is -0.626. The number of carboxylic acids is 1. The first kappa shape index (κ1) is 13.1. The van der Waals surface area contributed by atoms with Gasteiger partial charge in [0.1, 0.15) is 16.5 Å². The number of carboxylic acid groups (broad SMARTS) is 1. The number of pyridine rings is 1. The highest BCUT2D eigenvalue weighted by molar-refractivity contribution is 6.29. The molecular formula is C12H15ClN2O3. The van der Waals surface area contributed by atoms with Crippen molar-refractivity contribution in [3.8, 4) is 0 Å². The lowest BCUT2D eigenvalue weighted by atomic mass is 10.2. The van der Waals surface area contributed by atoms with E-state index in [1.807, 2.05) is 0 Å². The van der Waals surface area contributed by atoms with Crippen molar-refractivity contribution in [3.05, 3.63) is 22.8 Å². The van der Waals surface area contributed by atoms with Crippen molar-refractivity contribution >= 4 is 23.4 Å². The molecule has 0 aromatic carbocycles. The monoisotopic (exact) mass is 270 g/mol. The molecule has 1 aliphatic heterocycles. The standard InChI is InChI=1S/C12H15ClN2O3/c1-15(7-8-3-2-6-18-8)11-9(12(16)17)4-5-10(13)14-11/h4-5,8H,2-3,6-7H2,1H3,(H,16,17). The lowest BCUT2D eigenvalue weighted by Gasteiger charge is -2.23. The third-order valence-electron chi connectivity index (χ3n) is 2.93. The number of halogens is 1. The molecule has 1 N–H and O–H groups in total. The van der Waals surface area contributed by atoms with Crippen LogP contribution in [0.5, 0.6) is 0 Å². The van der Waals surface area contributed by atoms with E-state index in [0.29, 0.717) is 12.4 Å². The molecule has 0 radical (unpaired) electrons. The molecule has 1 aromatic heterocycles. The maximum atomic E-state index is 11.1. The van der Waals surface area contributed by atoms with Gasteiger partial charge in [0.15, 0.2) is 0 Å². The van der Waals surface area contributed by atoms with Crippen molar-refractivity contribution in [1.29, 1.82) is 0 Å². The van der Waals surface area contributed by atoms with Gasteiger partial charge in [-0.05, 0) is 25.0 Å². The van der Waals surface area contributed by atoms with Crippen molar-refractivity contribution in [3.63, 3.8) is 0 Å². The molecule has 1 saturated heterocycles. The van der Waals surface area contributed by atoms with Gasteiger partial charge in [-0.2, -0.15) is 0 Å². The summed E-state index contributed by atoms with van der Waals surface area (Å²) in [4.78, 5) is 17.0. The van der Waals surface area contributed by atoms with Crippen LogP contribution in [0.1, 0.15) is 23.2 Å². The highest BCUT2D eigenvalue weighted by Crippen LogP contribution is 2.22. The van der Waals surface area contributed by atoms with Gasteiger partial charge >= 0.3 is 5.97 Å². The zero-order chi connectivity index (χ0) is 13.1. The fourth-order valence-electron chi connectivity index (χ4n) is 2.06. The van der Waals surface area contributed by atoms with Crippen LogP contribution in [0.25, 0.3) is 0 Å². The summed E-state index contributed by atoms with van der Waals surface area (Å²) in [6.45, 7) is 1.39. The van der Waals surface area contributed by atoms with Gasteiger partial charge < -0.3 is 14.7 Å². The minimum atomic E-state index is -1.01. The van der Waals surface area contributed by atoms with E-state index >= 15 is 0 Å². The van der Waals surface area contributed by atoms with Gasteiger partial charge in [0.25, 0.3) is 0 Å². The summed E-state index contributed by atoms with van der Waals surface area (Å²) in [6, 6.07) is 2.95. The molecule has 2 heterocycles. The Morgan fingerprint density at radius 1 is 1.67 bits per heavy atom. The molecule has 1 unspecified atom stereocenters. The first-order valence-electron chi connectivity index (χ1n) is 5.80. The molecule has 1 aromatic rings. The number of nitrogens with zero attached hydrogens (tertiary/aromatic N) is 2. The van der Waals surface area contributed by atoms with Crippen LogP contribution in [0.3, 0.4) is 0 Å². The average Bonchev–Trinajstić information content (AvgIpc) is 2.81. The fourth-order valence-corrected chi connectivity index (χ4v) is 2.21. The molecule has 0 aliphatic carbocycles. The van der Waals surface area contributed by atoms with Crippen LogP contribution in [0.4, 0.5) is 5.82 Å². The Labute approximate surface area is 110 Å². The third-order valence-corrected chi connectivity index (χ3v) is 3.15. The fraction of sp³-hybridized carbons (Fsp3) is 0.500. The summed E-state index contributed by atoms with van der Waals surface area (Å²) in [7, 11) is 1.80. The second-order valence-electron chi connectivity index (χ2n) is 4.33. The molecule has 0 saturated carbocycles. The van der Waals surface area contributed by atoms with E-state index in [1.54, 1.807) is 11.9 Å². The predicted octanol–water partition coefficient (Wildman–Crippen LogP) is 2.05. The highest BCUT2D eigenvalue weighted by atomic mass is 35.5. The van der Waals surface area contributed by atoms with Crippen LogP contribution < -0.4 is 4.90 Å². The van der Waals surface area contributed by atoms with E-state index in [0.717, 1.165) is 19.4 Å². The first-order chi connectivity index (χ1) is 8.58. The van der Waals surface area contributed by atoms with Crippen molar-refractivity contribution in [2.24, 2.45) is 0 Å². The normalized spacial score (nSPS) is 18.9. The number of aromatic nitrogens is 1. The number of ether oxygens (including phenoxy) is 1. The average molecular weight is 271 g/mol.